The Bertz CT molecular complexity index is 873. The molecule has 4 N–H and O–H groups in total. The lowest BCUT2D eigenvalue weighted by atomic mass is 9.94. The van der Waals surface area contributed by atoms with Crippen LogP contribution in [0.25, 0.3) is 16.8 Å². The number of aromatic nitrogens is 1. The summed E-state index contributed by atoms with van der Waals surface area (Å²) in [6.45, 7) is 4.16. The van der Waals surface area contributed by atoms with Gasteiger partial charge >= 0.3 is 0 Å². The highest BCUT2D eigenvalue weighted by atomic mass is 14.7. The van der Waals surface area contributed by atoms with E-state index in [4.69, 9.17) is 11.5 Å². The van der Waals surface area contributed by atoms with Crippen molar-refractivity contribution in [3.63, 3.8) is 0 Å². The Balaban J connectivity index is 2.05. The summed E-state index contributed by atoms with van der Waals surface area (Å²) < 4.78 is 0. The lowest BCUT2D eigenvalue weighted by Crippen LogP contribution is -2.03. The fourth-order valence-corrected chi connectivity index (χ4v) is 3.16. The van der Waals surface area contributed by atoms with Gasteiger partial charge in [0.25, 0.3) is 0 Å². The van der Waals surface area contributed by atoms with Crippen molar-refractivity contribution in [2.45, 2.75) is 33.1 Å². The molecule has 3 heteroatoms. The second-order valence-electron chi connectivity index (χ2n) is 6.61. The standard InChI is InChI=1S/C22H25N3/c1-15-7-5-3-4-6-8-17(13-15)18-9-10-19(22(24)21(18)23)20-14-16(2)11-12-25-20/h3,5,7,9-14H,4,6,8,23-24H2,1-2H3/b5-3-,15-7-,17-13+. The van der Waals surface area contributed by atoms with E-state index in [2.05, 4.69) is 42.3 Å². The maximum atomic E-state index is 6.44. The Kier molecular flexibility index (Phi) is 5.03. The molecule has 0 radical (unpaired) electrons. The van der Waals surface area contributed by atoms with Crippen LogP contribution in [0.2, 0.25) is 0 Å². The van der Waals surface area contributed by atoms with E-state index in [0.29, 0.717) is 11.4 Å². The van der Waals surface area contributed by atoms with Crippen molar-refractivity contribution in [1.29, 1.82) is 0 Å². The maximum absolute atomic E-state index is 6.44. The normalized spacial score (nSPS) is 20.4. The highest BCUT2D eigenvalue weighted by molar-refractivity contribution is 5.91. The van der Waals surface area contributed by atoms with Crippen LogP contribution in [0, 0.1) is 6.92 Å². The predicted octanol–water partition coefficient (Wildman–Crippen LogP) is 5.29. The Morgan fingerprint density at radius 2 is 1.76 bits per heavy atom. The Hall–Kier alpha value is -2.81. The zero-order valence-electron chi connectivity index (χ0n) is 14.9. The van der Waals surface area contributed by atoms with Crippen LogP contribution in [0.4, 0.5) is 11.4 Å². The monoisotopic (exact) mass is 331 g/mol. The molecule has 0 saturated carbocycles. The molecule has 0 saturated heterocycles. The third kappa shape index (κ3) is 3.82. The van der Waals surface area contributed by atoms with Gasteiger partial charge in [-0.3, -0.25) is 4.98 Å². The van der Waals surface area contributed by atoms with Crippen LogP contribution in [0.5, 0.6) is 0 Å². The summed E-state index contributed by atoms with van der Waals surface area (Å²) in [7, 11) is 0. The van der Waals surface area contributed by atoms with Gasteiger partial charge in [0.15, 0.2) is 0 Å². The summed E-state index contributed by atoms with van der Waals surface area (Å²) in [5.41, 5.74) is 20.5. The van der Waals surface area contributed by atoms with Crippen molar-refractivity contribution >= 4 is 16.9 Å². The number of aryl methyl sites for hydroxylation is 1. The largest absolute Gasteiger partial charge is 0.397 e. The van der Waals surface area contributed by atoms with Gasteiger partial charge < -0.3 is 11.5 Å². The van der Waals surface area contributed by atoms with Crippen LogP contribution >= 0.6 is 0 Å². The minimum atomic E-state index is 0.608. The number of allylic oxidation sites excluding steroid dienone is 6. The molecule has 0 spiro atoms. The van der Waals surface area contributed by atoms with Gasteiger partial charge in [-0.25, -0.2) is 0 Å². The van der Waals surface area contributed by atoms with E-state index in [0.717, 1.165) is 41.6 Å². The van der Waals surface area contributed by atoms with Gasteiger partial charge in [-0.1, -0.05) is 35.9 Å². The highest BCUT2D eigenvalue weighted by Crippen LogP contribution is 2.37. The zero-order chi connectivity index (χ0) is 17.8. The second-order valence-corrected chi connectivity index (χ2v) is 6.61. The molecule has 25 heavy (non-hydrogen) atoms. The molecule has 0 aliphatic heterocycles. The first-order chi connectivity index (χ1) is 12.1. The lowest BCUT2D eigenvalue weighted by molar-refractivity contribution is 0.880. The summed E-state index contributed by atoms with van der Waals surface area (Å²) in [6, 6.07) is 8.12. The number of hydrogen-bond donors (Lipinski definition) is 2. The first-order valence-corrected chi connectivity index (χ1v) is 8.71. The number of nitrogens with two attached hydrogens (primary N) is 2. The summed E-state index contributed by atoms with van der Waals surface area (Å²) in [5.74, 6) is 0. The molecule has 3 nitrogen and oxygen atoms in total. The Morgan fingerprint density at radius 3 is 2.56 bits per heavy atom. The molecular formula is C22H25N3. The molecule has 128 valence electrons. The Labute approximate surface area is 149 Å². The lowest BCUT2D eigenvalue weighted by Gasteiger charge is -2.16. The molecular weight excluding hydrogens is 306 g/mol. The quantitative estimate of drug-likeness (QED) is 0.735. The highest BCUT2D eigenvalue weighted by Gasteiger charge is 2.14. The molecule has 1 aliphatic carbocycles. The summed E-state index contributed by atoms with van der Waals surface area (Å²) >= 11 is 0. The first kappa shape index (κ1) is 17.0. The van der Waals surface area contributed by atoms with E-state index in [-0.39, 0.29) is 0 Å². The number of nitrogens with zero attached hydrogens (tertiary/aromatic N) is 1. The molecule has 0 bridgehead atoms. The first-order valence-electron chi connectivity index (χ1n) is 8.71. The van der Waals surface area contributed by atoms with Crippen LogP contribution in [0.1, 0.15) is 37.3 Å². The van der Waals surface area contributed by atoms with Gasteiger partial charge in [0.05, 0.1) is 17.1 Å². The fraction of sp³-hybridized carbons (Fsp3) is 0.227. The van der Waals surface area contributed by atoms with E-state index in [1.807, 2.05) is 25.1 Å². The van der Waals surface area contributed by atoms with Crippen LogP contribution in [-0.4, -0.2) is 4.98 Å². The van der Waals surface area contributed by atoms with Crippen molar-refractivity contribution in [2.75, 3.05) is 11.5 Å². The fourth-order valence-electron chi connectivity index (χ4n) is 3.16. The van der Waals surface area contributed by atoms with Gasteiger partial charge in [-0.15, -0.1) is 0 Å². The number of rotatable bonds is 2. The number of anilines is 2. The van der Waals surface area contributed by atoms with Crippen molar-refractivity contribution < 1.29 is 0 Å². The molecule has 2 aromatic rings. The third-order valence-electron chi connectivity index (χ3n) is 4.54. The summed E-state index contributed by atoms with van der Waals surface area (Å²) in [5, 5.41) is 0. The number of nitrogen functional groups attached to an aromatic ring is 2. The van der Waals surface area contributed by atoms with Crippen molar-refractivity contribution in [1.82, 2.24) is 4.98 Å². The SMILES string of the molecule is CC1=C/C=C\CCC/C(c2ccc(-c3cc(C)ccn3)c(N)c2N)=C\1. The van der Waals surface area contributed by atoms with E-state index >= 15 is 0 Å². The zero-order valence-corrected chi connectivity index (χ0v) is 14.9. The molecule has 1 heterocycles. The average Bonchev–Trinajstić information content (AvgIpc) is 2.69. The number of hydrogen-bond acceptors (Lipinski definition) is 3. The van der Waals surface area contributed by atoms with Crippen molar-refractivity contribution in [2.24, 2.45) is 0 Å². The molecule has 3 rings (SSSR count). The van der Waals surface area contributed by atoms with E-state index in [1.54, 1.807) is 6.20 Å². The summed E-state index contributed by atoms with van der Waals surface area (Å²) in [4.78, 5) is 4.44. The summed E-state index contributed by atoms with van der Waals surface area (Å²) in [6.07, 6.45) is 13.6. The third-order valence-corrected chi connectivity index (χ3v) is 4.54. The molecule has 1 aromatic heterocycles. The number of pyridine rings is 1. The molecule has 0 amide bonds. The minimum absolute atomic E-state index is 0.608. The second kappa shape index (κ2) is 7.39. The molecule has 1 aromatic carbocycles. The average molecular weight is 331 g/mol. The van der Waals surface area contributed by atoms with Gasteiger partial charge in [-0.05, 0) is 62.4 Å². The topological polar surface area (TPSA) is 64.9 Å². The molecule has 1 aliphatic rings. The van der Waals surface area contributed by atoms with Crippen LogP contribution in [-0.2, 0) is 0 Å². The maximum Gasteiger partial charge on any atom is 0.0726 e. The van der Waals surface area contributed by atoms with Gasteiger partial charge in [0.2, 0.25) is 0 Å². The van der Waals surface area contributed by atoms with E-state index < -0.39 is 0 Å². The number of benzene rings is 1. The molecule has 0 unspecified atom stereocenters. The minimum Gasteiger partial charge on any atom is -0.397 e. The molecule has 0 atom stereocenters. The van der Waals surface area contributed by atoms with Gasteiger partial charge in [0.1, 0.15) is 0 Å². The van der Waals surface area contributed by atoms with Gasteiger partial charge in [0, 0.05) is 17.3 Å². The van der Waals surface area contributed by atoms with Crippen molar-refractivity contribution in [3.8, 4) is 11.3 Å². The predicted molar refractivity (Wildman–Crippen MR) is 108 cm³/mol. The smallest absolute Gasteiger partial charge is 0.0726 e. The Morgan fingerprint density at radius 1 is 1.00 bits per heavy atom. The van der Waals surface area contributed by atoms with Crippen molar-refractivity contribution in [3.05, 3.63) is 71.5 Å². The molecule has 0 fully saturated rings. The van der Waals surface area contributed by atoms with E-state index in [1.165, 1.54) is 11.1 Å². The van der Waals surface area contributed by atoms with Crippen LogP contribution in [0.3, 0.4) is 0 Å². The van der Waals surface area contributed by atoms with E-state index in [9.17, 15) is 0 Å². The van der Waals surface area contributed by atoms with Gasteiger partial charge in [-0.2, -0.15) is 0 Å². The van der Waals surface area contributed by atoms with Crippen LogP contribution in [0.15, 0.2) is 60.3 Å². The van der Waals surface area contributed by atoms with Crippen LogP contribution < -0.4 is 11.5 Å².